The van der Waals surface area contributed by atoms with Gasteiger partial charge in [-0.15, -0.1) is 0 Å². The van der Waals surface area contributed by atoms with E-state index in [0.717, 1.165) is 71.9 Å². The van der Waals surface area contributed by atoms with Crippen LogP contribution >= 0.6 is 0 Å². The van der Waals surface area contributed by atoms with Gasteiger partial charge in [-0.1, -0.05) is 153 Å². The van der Waals surface area contributed by atoms with Gasteiger partial charge in [0, 0.05) is 32.9 Å². The van der Waals surface area contributed by atoms with Crippen molar-refractivity contribution in [2.45, 2.75) is 19.3 Å². The molecule has 0 aliphatic heterocycles. The fourth-order valence-electron chi connectivity index (χ4n) is 9.53. The molecule has 3 heteroatoms. The zero-order valence-corrected chi connectivity index (χ0v) is 32.1. The molecule has 0 bridgehead atoms. The van der Waals surface area contributed by atoms with Gasteiger partial charge in [0.25, 0.3) is 0 Å². The van der Waals surface area contributed by atoms with Crippen molar-refractivity contribution in [3.63, 3.8) is 0 Å². The van der Waals surface area contributed by atoms with Crippen LogP contribution in [0.25, 0.3) is 110 Å². The maximum atomic E-state index is 6.51. The van der Waals surface area contributed by atoms with Crippen LogP contribution in [0.1, 0.15) is 25.0 Å². The molecule has 0 N–H and O–H groups in total. The highest BCUT2D eigenvalue weighted by molar-refractivity contribution is 6.12. The highest BCUT2D eigenvalue weighted by Gasteiger charge is 2.37. The van der Waals surface area contributed by atoms with E-state index in [2.05, 4.69) is 190 Å². The van der Waals surface area contributed by atoms with E-state index in [4.69, 9.17) is 14.4 Å². The third-order valence-corrected chi connectivity index (χ3v) is 12.5. The first-order valence-corrected chi connectivity index (χ1v) is 20.0. The molecule has 9 aromatic carbocycles. The standard InChI is InChI=1S/C55H36N2O/c1-55(2)47-22-12-21-44(53(47)46-28-35-16-6-8-17-36(35)29-48(46)55)50-32-49(56-54(57-50)33-13-4-3-5-14-33)42-26-25-39(40-19-10-11-20-41(40)42)38-23-24-43-45-27-34-15-7-9-18-37(34)30-52(45)58-51(43)31-38/h3-32H,1-2H3. The van der Waals surface area contributed by atoms with Crippen LogP contribution in [0.5, 0.6) is 0 Å². The van der Waals surface area contributed by atoms with E-state index >= 15 is 0 Å². The third kappa shape index (κ3) is 4.93. The largest absolute Gasteiger partial charge is 0.456 e. The summed E-state index contributed by atoms with van der Waals surface area (Å²) in [5.41, 5.74) is 14.1. The third-order valence-electron chi connectivity index (χ3n) is 12.5. The molecule has 2 heterocycles. The highest BCUT2D eigenvalue weighted by atomic mass is 16.3. The van der Waals surface area contributed by atoms with E-state index in [-0.39, 0.29) is 5.41 Å². The van der Waals surface area contributed by atoms with E-state index in [1.807, 2.05) is 6.07 Å². The smallest absolute Gasteiger partial charge is 0.160 e. The van der Waals surface area contributed by atoms with Gasteiger partial charge < -0.3 is 4.42 Å². The van der Waals surface area contributed by atoms with Gasteiger partial charge >= 0.3 is 0 Å². The zero-order chi connectivity index (χ0) is 38.5. The predicted molar refractivity (Wildman–Crippen MR) is 241 cm³/mol. The molecule has 58 heavy (non-hydrogen) atoms. The average Bonchev–Trinajstić information content (AvgIpc) is 3.74. The van der Waals surface area contributed by atoms with Crippen molar-refractivity contribution in [2.24, 2.45) is 0 Å². The molecular weight excluding hydrogens is 705 g/mol. The topological polar surface area (TPSA) is 38.9 Å². The molecule has 11 aromatic rings. The molecule has 1 aliphatic rings. The zero-order valence-electron chi connectivity index (χ0n) is 32.1. The van der Waals surface area contributed by atoms with Crippen molar-refractivity contribution in [3.8, 4) is 56.2 Å². The van der Waals surface area contributed by atoms with Crippen LogP contribution < -0.4 is 0 Å². The van der Waals surface area contributed by atoms with Gasteiger partial charge in [0.15, 0.2) is 5.82 Å². The molecule has 1 aliphatic carbocycles. The van der Waals surface area contributed by atoms with Gasteiger partial charge in [0.05, 0.1) is 11.4 Å². The lowest BCUT2D eigenvalue weighted by atomic mass is 9.81. The van der Waals surface area contributed by atoms with Crippen LogP contribution in [0.15, 0.2) is 186 Å². The Labute approximate surface area is 335 Å². The SMILES string of the molecule is CC1(C)c2cc3ccccc3cc2-c2c(-c3cc(-c4ccc(-c5ccc6c(c5)oc5cc7ccccc7cc56)c5ccccc45)nc(-c4ccccc4)n3)cccc21. The molecule has 3 nitrogen and oxygen atoms in total. The monoisotopic (exact) mass is 740 g/mol. The number of nitrogens with zero attached hydrogens (tertiary/aromatic N) is 2. The first-order chi connectivity index (χ1) is 28.5. The highest BCUT2D eigenvalue weighted by Crippen LogP contribution is 2.53. The molecule has 2 aromatic heterocycles. The molecule has 0 spiro atoms. The summed E-state index contributed by atoms with van der Waals surface area (Å²) in [5, 5.41) is 9.46. The molecule has 0 unspecified atom stereocenters. The quantitative estimate of drug-likeness (QED) is 0.180. The number of hydrogen-bond acceptors (Lipinski definition) is 3. The molecule has 272 valence electrons. The summed E-state index contributed by atoms with van der Waals surface area (Å²) in [4.78, 5) is 10.7. The van der Waals surface area contributed by atoms with Crippen molar-refractivity contribution < 1.29 is 4.42 Å². The Kier molecular flexibility index (Phi) is 6.98. The number of furan rings is 1. The maximum absolute atomic E-state index is 6.51. The normalized spacial score (nSPS) is 13.1. The van der Waals surface area contributed by atoms with Crippen LogP contribution in [0.4, 0.5) is 0 Å². The number of fused-ring (bicyclic) bond motifs is 9. The summed E-state index contributed by atoms with van der Waals surface area (Å²) in [7, 11) is 0. The van der Waals surface area contributed by atoms with E-state index in [1.54, 1.807) is 0 Å². The van der Waals surface area contributed by atoms with Crippen molar-refractivity contribution >= 4 is 54.3 Å². The Morgan fingerprint density at radius 3 is 1.78 bits per heavy atom. The molecule has 0 fully saturated rings. The van der Waals surface area contributed by atoms with Crippen LogP contribution in [-0.2, 0) is 5.41 Å². The summed E-state index contributed by atoms with van der Waals surface area (Å²) in [6, 6.07) is 65.3. The minimum Gasteiger partial charge on any atom is -0.456 e. The maximum Gasteiger partial charge on any atom is 0.160 e. The number of rotatable bonds is 4. The Hall–Kier alpha value is -7.36. The van der Waals surface area contributed by atoms with E-state index in [0.29, 0.717) is 5.82 Å². The van der Waals surface area contributed by atoms with Crippen LogP contribution in [-0.4, -0.2) is 9.97 Å². The fourth-order valence-corrected chi connectivity index (χ4v) is 9.53. The number of aromatic nitrogens is 2. The minimum absolute atomic E-state index is 0.158. The summed E-state index contributed by atoms with van der Waals surface area (Å²) < 4.78 is 6.51. The number of benzene rings is 9. The lowest BCUT2D eigenvalue weighted by Gasteiger charge is -2.22. The lowest BCUT2D eigenvalue weighted by molar-refractivity contribution is 0.661. The van der Waals surface area contributed by atoms with Gasteiger partial charge in [-0.3, -0.25) is 0 Å². The minimum atomic E-state index is -0.158. The lowest BCUT2D eigenvalue weighted by Crippen LogP contribution is -2.14. The summed E-state index contributed by atoms with van der Waals surface area (Å²) in [5.74, 6) is 0.706. The van der Waals surface area contributed by atoms with E-state index < -0.39 is 0 Å². The van der Waals surface area contributed by atoms with Gasteiger partial charge in [0.1, 0.15) is 11.2 Å². The van der Waals surface area contributed by atoms with Crippen LogP contribution in [0.3, 0.4) is 0 Å². The van der Waals surface area contributed by atoms with Crippen LogP contribution in [0.2, 0.25) is 0 Å². The van der Waals surface area contributed by atoms with Crippen molar-refractivity contribution in [3.05, 3.63) is 193 Å². The van der Waals surface area contributed by atoms with Crippen molar-refractivity contribution in [2.75, 3.05) is 0 Å². The number of hydrogen-bond donors (Lipinski definition) is 0. The Bertz CT molecular complexity index is 3480. The van der Waals surface area contributed by atoms with Crippen molar-refractivity contribution in [1.29, 1.82) is 0 Å². The van der Waals surface area contributed by atoms with Crippen molar-refractivity contribution in [1.82, 2.24) is 9.97 Å². The molecule has 0 amide bonds. The first kappa shape index (κ1) is 32.8. The van der Waals surface area contributed by atoms with Gasteiger partial charge in [-0.2, -0.15) is 0 Å². The first-order valence-electron chi connectivity index (χ1n) is 20.0. The van der Waals surface area contributed by atoms with E-state index in [1.165, 1.54) is 43.8 Å². The molecule has 0 radical (unpaired) electrons. The van der Waals surface area contributed by atoms with Crippen LogP contribution in [0, 0.1) is 0 Å². The van der Waals surface area contributed by atoms with Gasteiger partial charge in [-0.25, -0.2) is 9.97 Å². The van der Waals surface area contributed by atoms with E-state index in [9.17, 15) is 0 Å². The molecule has 0 saturated carbocycles. The average molecular weight is 741 g/mol. The molecule has 0 atom stereocenters. The predicted octanol–water partition coefficient (Wildman–Crippen LogP) is 14.8. The summed E-state index contributed by atoms with van der Waals surface area (Å²) in [6.07, 6.45) is 0. The van der Waals surface area contributed by atoms with Gasteiger partial charge in [-0.05, 0) is 108 Å². The second kappa shape index (κ2) is 12.3. The second-order valence-electron chi connectivity index (χ2n) is 16.1. The fraction of sp³-hybridized carbons (Fsp3) is 0.0545. The molecular formula is C55H36N2O. The summed E-state index contributed by atoms with van der Waals surface area (Å²) >= 11 is 0. The Morgan fingerprint density at radius 1 is 0.379 bits per heavy atom. The summed E-state index contributed by atoms with van der Waals surface area (Å²) in [6.45, 7) is 4.69. The van der Waals surface area contributed by atoms with Gasteiger partial charge in [0.2, 0.25) is 0 Å². The Balaban J connectivity index is 1.04. The Morgan fingerprint density at radius 2 is 1.00 bits per heavy atom. The molecule has 12 rings (SSSR count). The molecule has 0 saturated heterocycles. The second-order valence-corrected chi connectivity index (χ2v) is 16.1.